The Hall–Kier alpha value is -1.77. The molecule has 0 bridgehead atoms. The van der Waals surface area contributed by atoms with Crippen LogP contribution in [0.1, 0.15) is 10.4 Å². The highest BCUT2D eigenvalue weighted by molar-refractivity contribution is 5.98. The highest BCUT2D eigenvalue weighted by atomic mass is 19.4. The summed E-state index contributed by atoms with van der Waals surface area (Å²) >= 11 is 0. The van der Waals surface area contributed by atoms with Crippen molar-refractivity contribution in [3.8, 4) is 0 Å². The van der Waals surface area contributed by atoms with E-state index in [2.05, 4.69) is 10.2 Å². The fourth-order valence-corrected chi connectivity index (χ4v) is 2.00. The van der Waals surface area contributed by atoms with Gasteiger partial charge in [-0.3, -0.25) is 14.8 Å². The second-order valence-electron chi connectivity index (χ2n) is 4.38. The van der Waals surface area contributed by atoms with Crippen molar-refractivity contribution in [3.63, 3.8) is 0 Å². The number of rotatable bonds is 2. The third-order valence-corrected chi connectivity index (χ3v) is 2.96. The first kappa shape index (κ1) is 13.7. The van der Waals surface area contributed by atoms with Crippen molar-refractivity contribution in [2.24, 2.45) is 0 Å². The van der Waals surface area contributed by atoms with Crippen LogP contribution in [0, 0.1) is 0 Å². The molecule has 1 aromatic heterocycles. The third kappa shape index (κ3) is 3.37. The highest BCUT2D eigenvalue weighted by Gasteiger charge is 2.33. The standard InChI is InChI=1S/C10H14F3N5O/c11-10(12,13)6-17-1-3-18(4-2-17)9(19)7-5-15-16-8(7)14/h5H,1-4,6H2,(H3,14,15,16). The fourth-order valence-electron chi connectivity index (χ4n) is 2.00. The number of carbonyl (C=O) groups excluding carboxylic acids is 1. The summed E-state index contributed by atoms with van der Waals surface area (Å²) in [4.78, 5) is 14.8. The Bertz CT molecular complexity index is 450. The van der Waals surface area contributed by atoms with Crippen LogP contribution in [-0.4, -0.2) is 64.8 Å². The van der Waals surface area contributed by atoms with E-state index in [9.17, 15) is 18.0 Å². The van der Waals surface area contributed by atoms with Crippen molar-refractivity contribution in [1.82, 2.24) is 20.0 Å². The van der Waals surface area contributed by atoms with Gasteiger partial charge in [0.15, 0.2) is 0 Å². The fraction of sp³-hybridized carbons (Fsp3) is 0.600. The molecule has 9 heteroatoms. The number of nitrogens with one attached hydrogen (secondary N) is 1. The summed E-state index contributed by atoms with van der Waals surface area (Å²) in [6, 6.07) is 0. The van der Waals surface area contributed by atoms with Gasteiger partial charge in [0, 0.05) is 26.2 Å². The lowest BCUT2D eigenvalue weighted by atomic mass is 10.2. The first-order chi connectivity index (χ1) is 8.87. The van der Waals surface area contributed by atoms with Gasteiger partial charge in [-0.05, 0) is 0 Å². The molecule has 6 nitrogen and oxygen atoms in total. The number of halogens is 3. The molecule has 3 N–H and O–H groups in total. The number of nitrogens with two attached hydrogens (primary N) is 1. The summed E-state index contributed by atoms with van der Waals surface area (Å²) in [7, 11) is 0. The van der Waals surface area contributed by atoms with Gasteiger partial charge in [-0.15, -0.1) is 0 Å². The number of aromatic amines is 1. The molecule has 0 aromatic carbocycles. The largest absolute Gasteiger partial charge is 0.401 e. The summed E-state index contributed by atoms with van der Waals surface area (Å²) in [5, 5.41) is 6.09. The molecule has 0 spiro atoms. The molecule has 19 heavy (non-hydrogen) atoms. The predicted molar refractivity (Wildman–Crippen MR) is 61.4 cm³/mol. The summed E-state index contributed by atoms with van der Waals surface area (Å²) in [5.74, 6) is -0.138. The van der Waals surface area contributed by atoms with Crippen molar-refractivity contribution >= 4 is 11.7 Å². The van der Waals surface area contributed by atoms with Crippen LogP contribution < -0.4 is 5.73 Å². The minimum atomic E-state index is -4.21. The number of hydrogen-bond donors (Lipinski definition) is 2. The van der Waals surface area contributed by atoms with Crippen molar-refractivity contribution in [3.05, 3.63) is 11.8 Å². The van der Waals surface area contributed by atoms with Gasteiger partial charge in [0.2, 0.25) is 0 Å². The molecule has 2 rings (SSSR count). The van der Waals surface area contributed by atoms with Gasteiger partial charge < -0.3 is 10.6 Å². The maximum atomic E-state index is 12.2. The molecule has 0 aliphatic carbocycles. The number of carbonyl (C=O) groups is 1. The minimum Gasteiger partial charge on any atom is -0.383 e. The van der Waals surface area contributed by atoms with Crippen LogP contribution in [0.3, 0.4) is 0 Å². The Labute approximate surface area is 107 Å². The number of aromatic nitrogens is 2. The first-order valence-electron chi connectivity index (χ1n) is 5.74. The third-order valence-electron chi connectivity index (χ3n) is 2.96. The van der Waals surface area contributed by atoms with Crippen molar-refractivity contribution < 1.29 is 18.0 Å². The quantitative estimate of drug-likeness (QED) is 0.815. The van der Waals surface area contributed by atoms with Crippen LogP contribution >= 0.6 is 0 Å². The van der Waals surface area contributed by atoms with Gasteiger partial charge in [0.1, 0.15) is 11.4 Å². The number of nitrogen functional groups attached to an aromatic ring is 1. The highest BCUT2D eigenvalue weighted by Crippen LogP contribution is 2.18. The zero-order valence-electron chi connectivity index (χ0n) is 10.1. The Balaban J connectivity index is 1.90. The molecule has 0 radical (unpaired) electrons. The van der Waals surface area contributed by atoms with Gasteiger partial charge in [0.05, 0.1) is 12.7 Å². The number of amides is 1. The number of H-pyrrole nitrogens is 1. The van der Waals surface area contributed by atoms with Gasteiger partial charge in [-0.25, -0.2) is 0 Å². The van der Waals surface area contributed by atoms with Crippen molar-refractivity contribution in [1.29, 1.82) is 0 Å². The Morgan fingerprint density at radius 1 is 1.37 bits per heavy atom. The molecule has 106 valence electrons. The summed E-state index contributed by atoms with van der Waals surface area (Å²) in [5.41, 5.74) is 5.79. The van der Waals surface area contributed by atoms with Crippen LogP contribution in [0.15, 0.2) is 6.20 Å². The van der Waals surface area contributed by atoms with E-state index in [1.807, 2.05) is 0 Å². The van der Waals surface area contributed by atoms with E-state index in [0.29, 0.717) is 0 Å². The van der Waals surface area contributed by atoms with E-state index >= 15 is 0 Å². The maximum Gasteiger partial charge on any atom is 0.401 e. The van der Waals surface area contributed by atoms with Crippen LogP contribution in [0.4, 0.5) is 19.0 Å². The lowest BCUT2D eigenvalue weighted by Crippen LogP contribution is -2.50. The van der Waals surface area contributed by atoms with Crippen molar-refractivity contribution in [2.75, 3.05) is 38.5 Å². The first-order valence-corrected chi connectivity index (χ1v) is 5.74. The monoisotopic (exact) mass is 277 g/mol. The molecule has 1 saturated heterocycles. The number of nitrogens with zero attached hydrogens (tertiary/aromatic N) is 3. The number of piperazine rings is 1. The molecule has 2 heterocycles. The minimum absolute atomic E-state index is 0.169. The van der Waals surface area contributed by atoms with E-state index in [1.54, 1.807) is 0 Å². The van der Waals surface area contributed by atoms with Gasteiger partial charge in [0.25, 0.3) is 5.91 Å². The van der Waals surface area contributed by atoms with Crippen LogP contribution in [-0.2, 0) is 0 Å². The lowest BCUT2D eigenvalue weighted by Gasteiger charge is -2.34. The molecule has 1 aromatic rings. The molecule has 0 atom stereocenters. The van der Waals surface area contributed by atoms with Gasteiger partial charge in [-0.2, -0.15) is 18.3 Å². The molecular formula is C10H14F3N5O. The van der Waals surface area contributed by atoms with E-state index in [-0.39, 0.29) is 43.5 Å². The lowest BCUT2D eigenvalue weighted by molar-refractivity contribution is -0.148. The van der Waals surface area contributed by atoms with E-state index in [0.717, 1.165) is 0 Å². The number of alkyl halides is 3. The van der Waals surface area contributed by atoms with E-state index in [1.165, 1.54) is 16.0 Å². The maximum absolute atomic E-state index is 12.2. The van der Waals surface area contributed by atoms with Gasteiger partial charge >= 0.3 is 6.18 Å². The van der Waals surface area contributed by atoms with Gasteiger partial charge in [-0.1, -0.05) is 0 Å². The van der Waals surface area contributed by atoms with Crippen LogP contribution in [0.2, 0.25) is 0 Å². The Kier molecular flexibility index (Phi) is 3.65. The number of hydrogen-bond acceptors (Lipinski definition) is 4. The molecule has 1 fully saturated rings. The normalized spacial score (nSPS) is 17.7. The molecule has 1 aliphatic heterocycles. The average Bonchev–Trinajstić information content (AvgIpc) is 2.73. The summed E-state index contributed by atoms with van der Waals surface area (Å²) < 4.78 is 36.7. The molecular weight excluding hydrogens is 263 g/mol. The van der Waals surface area contributed by atoms with E-state index < -0.39 is 12.7 Å². The predicted octanol–water partition coefficient (Wildman–Crippen LogP) is 0.312. The average molecular weight is 277 g/mol. The van der Waals surface area contributed by atoms with Crippen LogP contribution in [0.25, 0.3) is 0 Å². The Morgan fingerprint density at radius 3 is 2.47 bits per heavy atom. The second-order valence-corrected chi connectivity index (χ2v) is 4.38. The molecule has 0 saturated carbocycles. The van der Waals surface area contributed by atoms with E-state index in [4.69, 9.17) is 5.73 Å². The topological polar surface area (TPSA) is 78.2 Å². The zero-order chi connectivity index (χ0) is 14.0. The van der Waals surface area contributed by atoms with Crippen LogP contribution in [0.5, 0.6) is 0 Å². The second kappa shape index (κ2) is 5.08. The summed E-state index contributed by atoms with van der Waals surface area (Å²) in [6.45, 7) is -0.0477. The smallest absolute Gasteiger partial charge is 0.383 e. The Morgan fingerprint density at radius 2 is 2.00 bits per heavy atom. The molecule has 0 unspecified atom stereocenters. The molecule has 1 amide bonds. The molecule has 1 aliphatic rings. The SMILES string of the molecule is Nc1[nH]ncc1C(=O)N1CCN(CC(F)(F)F)CC1. The van der Waals surface area contributed by atoms with Crippen molar-refractivity contribution in [2.45, 2.75) is 6.18 Å². The number of anilines is 1. The summed E-state index contributed by atoms with van der Waals surface area (Å²) in [6.07, 6.45) is -2.89. The zero-order valence-corrected chi connectivity index (χ0v) is 10.1.